The van der Waals surface area contributed by atoms with E-state index in [2.05, 4.69) is 4.72 Å². The third-order valence-corrected chi connectivity index (χ3v) is 5.75. The molecule has 0 unspecified atom stereocenters. The first-order valence-electron chi connectivity index (χ1n) is 8.02. The quantitative estimate of drug-likeness (QED) is 0.889. The van der Waals surface area contributed by atoms with Crippen LogP contribution >= 0.6 is 0 Å². The number of rotatable bonds is 5. The molecule has 0 saturated carbocycles. The lowest BCUT2D eigenvalue weighted by Crippen LogP contribution is -2.25. The van der Waals surface area contributed by atoms with Gasteiger partial charge in [-0.1, -0.05) is 12.1 Å². The molecule has 1 saturated heterocycles. The zero-order valence-electron chi connectivity index (χ0n) is 13.8. The van der Waals surface area contributed by atoms with Crippen LogP contribution < -0.4 is 9.62 Å². The van der Waals surface area contributed by atoms with Crippen LogP contribution in [0.2, 0.25) is 0 Å². The van der Waals surface area contributed by atoms with Gasteiger partial charge in [0, 0.05) is 25.2 Å². The third-order valence-electron chi connectivity index (χ3n) is 4.19. The van der Waals surface area contributed by atoms with E-state index < -0.39 is 15.8 Å². The molecule has 132 valence electrons. The van der Waals surface area contributed by atoms with Gasteiger partial charge in [-0.15, -0.1) is 0 Å². The molecule has 5 nitrogen and oxygen atoms in total. The average molecular weight is 362 g/mol. The highest BCUT2D eigenvalue weighted by atomic mass is 32.2. The smallest absolute Gasteiger partial charge is 0.241 e. The fourth-order valence-electron chi connectivity index (χ4n) is 2.93. The Morgan fingerprint density at radius 1 is 1.20 bits per heavy atom. The molecule has 1 aliphatic heterocycles. The molecule has 0 aliphatic carbocycles. The van der Waals surface area contributed by atoms with Crippen molar-refractivity contribution in [1.29, 1.82) is 0 Å². The van der Waals surface area contributed by atoms with Crippen molar-refractivity contribution in [3.63, 3.8) is 0 Å². The van der Waals surface area contributed by atoms with Crippen molar-refractivity contribution >= 4 is 21.6 Å². The molecule has 0 aromatic heterocycles. The molecule has 2 aromatic carbocycles. The van der Waals surface area contributed by atoms with Gasteiger partial charge >= 0.3 is 0 Å². The van der Waals surface area contributed by atoms with Crippen LogP contribution in [0.15, 0.2) is 47.4 Å². The van der Waals surface area contributed by atoms with E-state index in [4.69, 9.17) is 0 Å². The maximum absolute atomic E-state index is 13.2. The Morgan fingerprint density at radius 3 is 2.68 bits per heavy atom. The van der Waals surface area contributed by atoms with E-state index in [1.807, 2.05) is 12.1 Å². The zero-order valence-corrected chi connectivity index (χ0v) is 14.6. The van der Waals surface area contributed by atoms with Gasteiger partial charge in [-0.05, 0) is 54.8 Å². The number of carbonyl (C=O) groups excluding carboxylic acids is 1. The molecule has 1 N–H and O–H groups in total. The van der Waals surface area contributed by atoms with E-state index in [-0.39, 0.29) is 17.3 Å². The predicted molar refractivity (Wildman–Crippen MR) is 93.2 cm³/mol. The highest BCUT2D eigenvalue weighted by molar-refractivity contribution is 7.89. The van der Waals surface area contributed by atoms with Crippen molar-refractivity contribution in [3.8, 4) is 0 Å². The number of nitrogens with one attached hydrogen (secondary N) is 1. The minimum absolute atomic E-state index is 0.0553. The topological polar surface area (TPSA) is 66.5 Å². The maximum Gasteiger partial charge on any atom is 0.241 e. The summed E-state index contributed by atoms with van der Waals surface area (Å²) in [5.74, 6) is -0.390. The maximum atomic E-state index is 13.2. The Balaban J connectivity index is 1.76. The van der Waals surface area contributed by atoms with Crippen LogP contribution in [0.5, 0.6) is 0 Å². The Kier molecular flexibility index (Phi) is 4.87. The third kappa shape index (κ3) is 3.88. The number of sulfonamides is 1. The Morgan fingerprint density at radius 2 is 2.00 bits per heavy atom. The molecule has 7 heteroatoms. The van der Waals surface area contributed by atoms with Crippen molar-refractivity contribution in [1.82, 2.24) is 4.72 Å². The molecule has 0 atom stereocenters. The number of nitrogens with zero attached hydrogens (tertiary/aromatic N) is 1. The molecule has 0 bridgehead atoms. The molecule has 3 rings (SSSR count). The first-order chi connectivity index (χ1) is 11.9. The number of carbonyl (C=O) groups is 1. The van der Waals surface area contributed by atoms with Gasteiger partial charge in [0.25, 0.3) is 0 Å². The fraction of sp³-hybridized carbons (Fsp3) is 0.278. The number of benzene rings is 2. The van der Waals surface area contributed by atoms with Crippen LogP contribution in [0.25, 0.3) is 0 Å². The Hall–Kier alpha value is -2.25. The number of amides is 1. The van der Waals surface area contributed by atoms with Crippen LogP contribution in [0.1, 0.15) is 24.0 Å². The van der Waals surface area contributed by atoms with Crippen molar-refractivity contribution in [2.75, 3.05) is 11.4 Å². The summed E-state index contributed by atoms with van der Waals surface area (Å²) in [5.41, 5.74) is 1.88. The van der Waals surface area contributed by atoms with Crippen LogP contribution in [0.3, 0.4) is 0 Å². The minimum atomic E-state index is -3.75. The number of hydrogen-bond acceptors (Lipinski definition) is 3. The van der Waals surface area contributed by atoms with Gasteiger partial charge in [0.05, 0.1) is 4.90 Å². The molecule has 1 amide bonds. The lowest BCUT2D eigenvalue weighted by Gasteiger charge is -2.17. The normalized spacial score (nSPS) is 15.0. The molecular weight excluding hydrogens is 343 g/mol. The highest BCUT2D eigenvalue weighted by Gasteiger charge is 2.22. The van der Waals surface area contributed by atoms with Crippen molar-refractivity contribution < 1.29 is 17.6 Å². The van der Waals surface area contributed by atoms with E-state index in [0.717, 1.165) is 23.7 Å². The highest BCUT2D eigenvalue weighted by Crippen LogP contribution is 2.23. The zero-order chi connectivity index (χ0) is 18.0. The van der Waals surface area contributed by atoms with Crippen LogP contribution in [0.4, 0.5) is 10.1 Å². The van der Waals surface area contributed by atoms with E-state index in [0.29, 0.717) is 18.5 Å². The largest absolute Gasteiger partial charge is 0.312 e. The van der Waals surface area contributed by atoms with E-state index in [1.165, 1.54) is 12.1 Å². The summed E-state index contributed by atoms with van der Waals surface area (Å²) in [5, 5.41) is 0. The lowest BCUT2D eigenvalue weighted by atomic mass is 10.2. The second-order valence-electron chi connectivity index (χ2n) is 6.05. The molecule has 2 aromatic rings. The Labute approximate surface area is 146 Å². The summed E-state index contributed by atoms with van der Waals surface area (Å²) in [6.45, 7) is 2.33. The fourth-order valence-corrected chi connectivity index (χ4v) is 4.17. The second-order valence-corrected chi connectivity index (χ2v) is 7.79. The van der Waals surface area contributed by atoms with E-state index in [9.17, 15) is 17.6 Å². The van der Waals surface area contributed by atoms with Gasteiger partial charge in [-0.25, -0.2) is 17.5 Å². The van der Waals surface area contributed by atoms with Crippen molar-refractivity contribution in [3.05, 3.63) is 59.4 Å². The standard InChI is InChI=1S/C18H19FN2O3S/c1-13-10-15(19)7-8-17(13)25(23,24)20-12-14-4-2-5-16(11-14)21-9-3-6-18(21)22/h2,4-5,7-8,10-11,20H,3,6,9,12H2,1H3. The van der Waals surface area contributed by atoms with Crippen LogP contribution in [0, 0.1) is 12.7 Å². The molecule has 0 spiro atoms. The molecular formula is C18H19FN2O3S. The summed E-state index contributed by atoms with van der Waals surface area (Å²) in [6, 6.07) is 10.8. The average Bonchev–Trinajstić information content (AvgIpc) is 2.99. The van der Waals surface area contributed by atoms with Gasteiger partial charge in [-0.3, -0.25) is 4.79 Å². The first-order valence-corrected chi connectivity index (χ1v) is 9.50. The van der Waals surface area contributed by atoms with E-state index in [1.54, 1.807) is 24.0 Å². The van der Waals surface area contributed by atoms with Crippen molar-refractivity contribution in [2.45, 2.75) is 31.2 Å². The van der Waals surface area contributed by atoms with E-state index >= 15 is 0 Å². The summed E-state index contributed by atoms with van der Waals surface area (Å²) in [7, 11) is -3.75. The molecule has 0 radical (unpaired) electrons. The summed E-state index contributed by atoms with van der Waals surface area (Å²) >= 11 is 0. The predicted octanol–water partition coefficient (Wildman–Crippen LogP) is 2.74. The summed E-state index contributed by atoms with van der Waals surface area (Å²) in [6.07, 6.45) is 1.38. The van der Waals surface area contributed by atoms with Gasteiger partial charge < -0.3 is 4.90 Å². The van der Waals surface area contributed by atoms with Crippen LogP contribution in [-0.2, 0) is 21.4 Å². The summed E-state index contributed by atoms with van der Waals surface area (Å²) in [4.78, 5) is 13.6. The van der Waals surface area contributed by atoms with Gasteiger partial charge in [0.2, 0.25) is 15.9 Å². The molecule has 1 aliphatic rings. The molecule has 25 heavy (non-hydrogen) atoms. The number of anilines is 1. The van der Waals surface area contributed by atoms with Crippen molar-refractivity contribution in [2.24, 2.45) is 0 Å². The monoisotopic (exact) mass is 362 g/mol. The van der Waals surface area contributed by atoms with Gasteiger partial charge in [-0.2, -0.15) is 0 Å². The minimum Gasteiger partial charge on any atom is -0.312 e. The molecule has 1 heterocycles. The second kappa shape index (κ2) is 6.93. The number of halogens is 1. The van der Waals surface area contributed by atoms with Gasteiger partial charge in [0.1, 0.15) is 5.82 Å². The summed E-state index contributed by atoms with van der Waals surface area (Å²) < 4.78 is 40.6. The number of hydrogen-bond donors (Lipinski definition) is 1. The number of aryl methyl sites for hydroxylation is 1. The SMILES string of the molecule is Cc1cc(F)ccc1S(=O)(=O)NCc1cccc(N2CCCC2=O)c1. The van der Waals surface area contributed by atoms with Gasteiger partial charge in [0.15, 0.2) is 0 Å². The van der Waals surface area contributed by atoms with Crippen LogP contribution in [-0.4, -0.2) is 20.9 Å². The Bertz CT molecular complexity index is 912. The molecule has 1 fully saturated rings. The first kappa shape index (κ1) is 17.6. The lowest BCUT2D eigenvalue weighted by molar-refractivity contribution is -0.117.